The highest BCUT2D eigenvalue weighted by Gasteiger charge is 2.33. The Morgan fingerprint density at radius 1 is 1.33 bits per heavy atom. The van der Waals surface area contributed by atoms with E-state index in [1.807, 2.05) is 4.57 Å². The van der Waals surface area contributed by atoms with Crippen LogP contribution in [0.2, 0.25) is 0 Å². The molecule has 2 fully saturated rings. The number of sulfone groups is 1. The van der Waals surface area contributed by atoms with E-state index >= 15 is 0 Å². The van der Waals surface area contributed by atoms with E-state index in [-0.39, 0.29) is 17.0 Å². The van der Waals surface area contributed by atoms with Crippen LogP contribution in [0.15, 0.2) is 28.9 Å². The predicted molar refractivity (Wildman–Crippen MR) is 105 cm³/mol. The van der Waals surface area contributed by atoms with Crippen LogP contribution in [0.5, 0.6) is 0 Å². The maximum Gasteiger partial charge on any atom is 0.227 e. The van der Waals surface area contributed by atoms with Gasteiger partial charge in [-0.25, -0.2) is 13.4 Å². The number of aromatic nitrogens is 2. The van der Waals surface area contributed by atoms with Crippen LogP contribution in [0.4, 0.5) is 0 Å². The van der Waals surface area contributed by atoms with Crippen molar-refractivity contribution in [2.45, 2.75) is 56.6 Å². The van der Waals surface area contributed by atoms with Gasteiger partial charge < -0.3 is 9.30 Å². The third kappa shape index (κ3) is 4.80. The number of nitrogens with zero attached hydrogens (tertiary/aromatic N) is 3. The Morgan fingerprint density at radius 2 is 2.19 bits per heavy atom. The molecule has 3 heterocycles. The standard InChI is InChI=1S/C19H27N3O3S2/c1-21(13-18-5-3-9-26-18)11-16-10-20-19(27(23,24)14-15-6-7-15)22(16)12-17-4-2-8-25-17/h3,5,9-10,15,17H,2,4,6-8,11-14H2,1H3/t17-/m1/s1. The highest BCUT2D eigenvalue weighted by Crippen LogP contribution is 2.32. The molecule has 2 aromatic rings. The molecule has 8 heteroatoms. The second kappa shape index (κ2) is 8.03. The summed E-state index contributed by atoms with van der Waals surface area (Å²) >= 11 is 1.74. The number of ether oxygens (including phenoxy) is 1. The van der Waals surface area contributed by atoms with Gasteiger partial charge in [-0.1, -0.05) is 6.07 Å². The Morgan fingerprint density at radius 3 is 2.85 bits per heavy atom. The average Bonchev–Trinajstić information content (AvgIpc) is 3.05. The minimum absolute atomic E-state index is 0.0791. The molecule has 1 aliphatic carbocycles. The first-order chi connectivity index (χ1) is 13.0. The minimum Gasteiger partial charge on any atom is -0.376 e. The van der Waals surface area contributed by atoms with E-state index < -0.39 is 9.84 Å². The Kier molecular flexibility index (Phi) is 5.68. The topological polar surface area (TPSA) is 64.4 Å². The lowest BCUT2D eigenvalue weighted by molar-refractivity contribution is 0.0934. The number of rotatable bonds is 9. The molecule has 0 aromatic carbocycles. The molecule has 1 saturated heterocycles. The van der Waals surface area contributed by atoms with E-state index in [2.05, 4.69) is 34.4 Å². The van der Waals surface area contributed by atoms with Crippen molar-refractivity contribution >= 4 is 21.2 Å². The zero-order valence-corrected chi connectivity index (χ0v) is 17.3. The van der Waals surface area contributed by atoms with Crippen LogP contribution < -0.4 is 0 Å². The largest absolute Gasteiger partial charge is 0.376 e. The average molecular weight is 410 g/mol. The predicted octanol–water partition coefficient (Wildman–Crippen LogP) is 2.94. The van der Waals surface area contributed by atoms with E-state index in [0.717, 1.165) is 44.5 Å². The van der Waals surface area contributed by atoms with E-state index in [0.29, 0.717) is 19.0 Å². The lowest BCUT2D eigenvalue weighted by Gasteiger charge is -2.20. The Hall–Kier alpha value is -1.22. The Bertz CT molecular complexity index is 851. The molecule has 1 saturated carbocycles. The zero-order valence-electron chi connectivity index (χ0n) is 15.7. The van der Waals surface area contributed by atoms with Crippen molar-refractivity contribution in [3.05, 3.63) is 34.3 Å². The molecule has 2 aromatic heterocycles. The fourth-order valence-corrected chi connectivity index (χ4v) is 6.25. The van der Waals surface area contributed by atoms with Gasteiger partial charge in [0.05, 0.1) is 30.3 Å². The molecule has 4 rings (SSSR count). The van der Waals surface area contributed by atoms with Crippen LogP contribution in [0.3, 0.4) is 0 Å². The molecule has 0 unspecified atom stereocenters. The van der Waals surface area contributed by atoms with Gasteiger partial charge in [0.2, 0.25) is 15.0 Å². The molecule has 1 atom stereocenters. The summed E-state index contributed by atoms with van der Waals surface area (Å²) in [5.41, 5.74) is 0.943. The molecule has 1 aliphatic heterocycles. The summed E-state index contributed by atoms with van der Waals surface area (Å²) in [7, 11) is -1.30. The molecule has 0 amide bonds. The van der Waals surface area contributed by atoms with Crippen LogP contribution in [-0.4, -0.2) is 48.4 Å². The zero-order chi connectivity index (χ0) is 18.9. The van der Waals surface area contributed by atoms with Crippen LogP contribution in [0.25, 0.3) is 0 Å². The summed E-state index contributed by atoms with van der Waals surface area (Å²) in [5.74, 6) is 0.535. The normalized spacial score (nSPS) is 20.6. The maximum absolute atomic E-state index is 12.9. The molecule has 27 heavy (non-hydrogen) atoms. The van der Waals surface area contributed by atoms with Gasteiger partial charge in [-0.2, -0.15) is 0 Å². The van der Waals surface area contributed by atoms with Crippen molar-refractivity contribution in [3.63, 3.8) is 0 Å². The quantitative estimate of drug-likeness (QED) is 0.637. The van der Waals surface area contributed by atoms with Crippen molar-refractivity contribution < 1.29 is 13.2 Å². The summed E-state index contributed by atoms with van der Waals surface area (Å²) in [5, 5.41) is 2.30. The summed E-state index contributed by atoms with van der Waals surface area (Å²) in [4.78, 5) is 7.85. The van der Waals surface area contributed by atoms with Crippen molar-refractivity contribution in [2.24, 2.45) is 5.92 Å². The molecule has 2 aliphatic rings. The molecular weight excluding hydrogens is 382 g/mol. The molecule has 0 N–H and O–H groups in total. The number of hydrogen-bond donors (Lipinski definition) is 0. The van der Waals surface area contributed by atoms with Crippen LogP contribution in [0.1, 0.15) is 36.3 Å². The van der Waals surface area contributed by atoms with Crippen molar-refractivity contribution in [3.8, 4) is 0 Å². The summed E-state index contributed by atoms with van der Waals surface area (Å²) in [6.07, 6.45) is 5.86. The van der Waals surface area contributed by atoms with Crippen LogP contribution >= 0.6 is 11.3 Å². The monoisotopic (exact) mass is 409 g/mol. The van der Waals surface area contributed by atoms with Crippen molar-refractivity contribution in [2.75, 3.05) is 19.4 Å². The van der Waals surface area contributed by atoms with E-state index in [9.17, 15) is 8.42 Å². The van der Waals surface area contributed by atoms with Gasteiger partial charge in [-0.15, -0.1) is 11.3 Å². The van der Waals surface area contributed by atoms with Gasteiger partial charge in [0.1, 0.15) is 0 Å². The van der Waals surface area contributed by atoms with Gasteiger partial charge >= 0.3 is 0 Å². The van der Waals surface area contributed by atoms with Gasteiger partial charge in [-0.05, 0) is 50.1 Å². The van der Waals surface area contributed by atoms with Crippen molar-refractivity contribution in [1.82, 2.24) is 14.5 Å². The molecule has 0 radical (unpaired) electrons. The van der Waals surface area contributed by atoms with E-state index in [1.165, 1.54) is 4.88 Å². The van der Waals surface area contributed by atoms with Gasteiger partial charge in [0.25, 0.3) is 0 Å². The molecule has 6 nitrogen and oxygen atoms in total. The fourth-order valence-electron chi connectivity index (χ4n) is 3.62. The van der Waals surface area contributed by atoms with E-state index in [1.54, 1.807) is 17.5 Å². The van der Waals surface area contributed by atoms with Gasteiger partial charge in [0, 0.05) is 24.6 Å². The first-order valence-electron chi connectivity index (χ1n) is 9.61. The van der Waals surface area contributed by atoms with Gasteiger partial charge in [0.15, 0.2) is 0 Å². The van der Waals surface area contributed by atoms with Crippen LogP contribution in [0, 0.1) is 5.92 Å². The van der Waals surface area contributed by atoms with Crippen molar-refractivity contribution in [1.29, 1.82) is 0 Å². The molecule has 0 bridgehead atoms. The summed E-state index contributed by atoms with van der Waals surface area (Å²) < 4.78 is 33.5. The first kappa shape index (κ1) is 19.1. The highest BCUT2D eigenvalue weighted by molar-refractivity contribution is 7.91. The lowest BCUT2D eigenvalue weighted by Crippen LogP contribution is -2.25. The Labute approximate surface area is 165 Å². The highest BCUT2D eigenvalue weighted by atomic mass is 32.2. The minimum atomic E-state index is -3.35. The van der Waals surface area contributed by atoms with E-state index in [4.69, 9.17) is 4.74 Å². The number of hydrogen-bond acceptors (Lipinski definition) is 6. The third-order valence-corrected chi connectivity index (χ3v) is 7.83. The summed E-state index contributed by atoms with van der Waals surface area (Å²) in [6, 6.07) is 4.18. The van der Waals surface area contributed by atoms with Crippen LogP contribution in [-0.2, 0) is 34.2 Å². The smallest absolute Gasteiger partial charge is 0.227 e. The SMILES string of the molecule is CN(Cc1cccs1)Cc1cnc(S(=O)(=O)CC2CC2)n1C[C@H]1CCCO1. The molecule has 148 valence electrons. The maximum atomic E-state index is 12.9. The Balaban J connectivity index is 1.55. The second-order valence-corrected chi connectivity index (χ2v) is 10.7. The van der Waals surface area contributed by atoms with Gasteiger partial charge in [-0.3, -0.25) is 4.90 Å². The number of imidazole rings is 1. The first-order valence-corrected chi connectivity index (χ1v) is 12.1. The fraction of sp³-hybridized carbons (Fsp3) is 0.632. The second-order valence-electron chi connectivity index (χ2n) is 7.75. The molecular formula is C19H27N3O3S2. The number of thiophene rings is 1. The summed E-state index contributed by atoms with van der Waals surface area (Å²) in [6.45, 7) is 2.84. The lowest BCUT2D eigenvalue weighted by atomic mass is 10.2. The molecule has 0 spiro atoms. The third-order valence-electron chi connectivity index (χ3n) is 5.18.